The molecule has 2 heterocycles. The van der Waals surface area contributed by atoms with E-state index >= 15 is 0 Å². The molecule has 0 unspecified atom stereocenters. The Bertz CT molecular complexity index is 559. The van der Waals surface area contributed by atoms with E-state index in [1.165, 1.54) is 0 Å². The van der Waals surface area contributed by atoms with Gasteiger partial charge >= 0.3 is 5.97 Å². The van der Waals surface area contributed by atoms with E-state index in [4.69, 9.17) is 9.52 Å². The molecule has 0 amide bonds. The molecule has 0 saturated heterocycles. The summed E-state index contributed by atoms with van der Waals surface area (Å²) in [6.45, 7) is 4.75. The molecule has 0 spiro atoms. The fourth-order valence-electron chi connectivity index (χ4n) is 1.65. The van der Waals surface area contributed by atoms with Gasteiger partial charge in [-0.1, -0.05) is 0 Å². The predicted octanol–water partition coefficient (Wildman–Crippen LogP) is 2.34. The van der Waals surface area contributed by atoms with Gasteiger partial charge in [-0.3, -0.25) is 0 Å². The summed E-state index contributed by atoms with van der Waals surface area (Å²) in [5, 5.41) is 15.1. The SMILES string of the molecule is Cc1nc(CNCc2cc(C(=O)O)c(C)o2)cs1. The largest absolute Gasteiger partial charge is 0.478 e. The summed E-state index contributed by atoms with van der Waals surface area (Å²) in [4.78, 5) is 15.2. The second kappa shape index (κ2) is 5.32. The Morgan fingerprint density at radius 2 is 2.28 bits per heavy atom. The number of rotatable bonds is 5. The summed E-state index contributed by atoms with van der Waals surface area (Å²) < 4.78 is 5.36. The molecule has 2 N–H and O–H groups in total. The van der Waals surface area contributed by atoms with Crippen LogP contribution in [-0.4, -0.2) is 16.1 Å². The molecular weight excluding hydrogens is 252 g/mol. The minimum atomic E-state index is -0.961. The van der Waals surface area contributed by atoms with Crippen molar-refractivity contribution in [2.45, 2.75) is 26.9 Å². The summed E-state index contributed by atoms with van der Waals surface area (Å²) in [6, 6.07) is 1.55. The highest BCUT2D eigenvalue weighted by Crippen LogP contribution is 2.14. The van der Waals surface area contributed by atoms with Crippen molar-refractivity contribution in [3.8, 4) is 0 Å². The van der Waals surface area contributed by atoms with Gasteiger partial charge in [0.05, 0.1) is 17.2 Å². The lowest BCUT2D eigenvalue weighted by Gasteiger charge is -1.99. The van der Waals surface area contributed by atoms with Gasteiger partial charge in [0, 0.05) is 11.9 Å². The zero-order valence-electron chi connectivity index (χ0n) is 10.2. The van der Waals surface area contributed by atoms with Crippen molar-refractivity contribution in [2.24, 2.45) is 0 Å². The van der Waals surface area contributed by atoms with E-state index in [1.807, 2.05) is 12.3 Å². The van der Waals surface area contributed by atoms with Gasteiger partial charge in [-0.25, -0.2) is 9.78 Å². The maximum atomic E-state index is 10.8. The quantitative estimate of drug-likeness (QED) is 0.868. The standard InChI is InChI=1S/C12H14N2O3S/c1-7-11(12(15)16)3-10(17-7)5-13-4-9-6-18-8(2)14-9/h3,6,13H,4-5H2,1-2H3,(H,15,16). The molecule has 2 rings (SSSR count). The van der Waals surface area contributed by atoms with Gasteiger partial charge in [0.1, 0.15) is 17.1 Å². The van der Waals surface area contributed by atoms with Crippen molar-refractivity contribution in [3.05, 3.63) is 39.2 Å². The highest BCUT2D eigenvalue weighted by atomic mass is 32.1. The van der Waals surface area contributed by atoms with Crippen LogP contribution in [0.4, 0.5) is 0 Å². The average Bonchev–Trinajstić information content (AvgIpc) is 2.85. The Morgan fingerprint density at radius 1 is 1.50 bits per heavy atom. The molecule has 0 fully saturated rings. The molecule has 5 nitrogen and oxygen atoms in total. The number of carboxylic acid groups (broad SMARTS) is 1. The predicted molar refractivity (Wildman–Crippen MR) is 67.8 cm³/mol. The van der Waals surface area contributed by atoms with E-state index in [0.29, 0.717) is 24.6 Å². The molecule has 0 radical (unpaired) electrons. The molecule has 0 atom stereocenters. The highest BCUT2D eigenvalue weighted by Gasteiger charge is 2.13. The number of nitrogens with zero attached hydrogens (tertiary/aromatic N) is 1. The molecule has 0 aliphatic rings. The summed E-state index contributed by atoms with van der Waals surface area (Å²) in [7, 11) is 0. The van der Waals surface area contributed by atoms with Crippen LogP contribution in [0.15, 0.2) is 15.9 Å². The lowest BCUT2D eigenvalue weighted by molar-refractivity contribution is 0.0695. The van der Waals surface area contributed by atoms with Crippen LogP contribution in [0.2, 0.25) is 0 Å². The molecule has 0 aliphatic carbocycles. The van der Waals surface area contributed by atoms with E-state index in [2.05, 4.69) is 10.3 Å². The summed E-state index contributed by atoms with van der Waals surface area (Å²) in [6.07, 6.45) is 0. The van der Waals surface area contributed by atoms with Crippen molar-refractivity contribution < 1.29 is 14.3 Å². The van der Waals surface area contributed by atoms with E-state index in [1.54, 1.807) is 24.3 Å². The molecule has 2 aromatic rings. The minimum Gasteiger partial charge on any atom is -0.478 e. The number of aryl methyl sites for hydroxylation is 2. The Morgan fingerprint density at radius 3 is 2.83 bits per heavy atom. The second-order valence-electron chi connectivity index (χ2n) is 3.95. The minimum absolute atomic E-state index is 0.219. The van der Waals surface area contributed by atoms with Crippen LogP contribution < -0.4 is 5.32 Å². The van der Waals surface area contributed by atoms with Crippen molar-refractivity contribution in [1.82, 2.24) is 10.3 Å². The average molecular weight is 266 g/mol. The number of aromatic carboxylic acids is 1. The lowest BCUT2D eigenvalue weighted by atomic mass is 10.2. The first-order valence-electron chi connectivity index (χ1n) is 5.50. The van der Waals surface area contributed by atoms with Crippen molar-refractivity contribution in [3.63, 3.8) is 0 Å². The van der Waals surface area contributed by atoms with Crippen LogP contribution in [0.1, 0.15) is 32.6 Å². The van der Waals surface area contributed by atoms with Gasteiger partial charge in [-0.2, -0.15) is 0 Å². The Kier molecular flexibility index (Phi) is 3.78. The molecule has 18 heavy (non-hydrogen) atoms. The number of hydrogen-bond acceptors (Lipinski definition) is 5. The number of carboxylic acids is 1. The molecule has 6 heteroatoms. The fraction of sp³-hybridized carbons (Fsp3) is 0.333. The Hall–Kier alpha value is -1.66. The van der Waals surface area contributed by atoms with E-state index in [0.717, 1.165) is 10.7 Å². The maximum Gasteiger partial charge on any atom is 0.339 e. The molecule has 0 saturated carbocycles. The number of aromatic nitrogens is 1. The van der Waals surface area contributed by atoms with Crippen LogP contribution in [0, 0.1) is 13.8 Å². The molecule has 96 valence electrons. The first-order chi connectivity index (χ1) is 8.56. The van der Waals surface area contributed by atoms with Gasteiger partial charge in [0.25, 0.3) is 0 Å². The summed E-state index contributed by atoms with van der Waals surface area (Å²) in [5.41, 5.74) is 1.20. The summed E-state index contributed by atoms with van der Waals surface area (Å²) in [5.74, 6) is 0.0956. The topological polar surface area (TPSA) is 75.4 Å². The van der Waals surface area contributed by atoms with Crippen LogP contribution in [0.25, 0.3) is 0 Å². The normalized spacial score (nSPS) is 10.8. The highest BCUT2D eigenvalue weighted by molar-refractivity contribution is 7.09. The monoisotopic (exact) mass is 266 g/mol. The van der Waals surface area contributed by atoms with Crippen LogP contribution in [-0.2, 0) is 13.1 Å². The van der Waals surface area contributed by atoms with E-state index in [9.17, 15) is 4.79 Å². The van der Waals surface area contributed by atoms with Crippen molar-refractivity contribution in [1.29, 1.82) is 0 Å². The van der Waals surface area contributed by atoms with Crippen LogP contribution >= 0.6 is 11.3 Å². The second-order valence-corrected chi connectivity index (χ2v) is 5.01. The van der Waals surface area contributed by atoms with Gasteiger partial charge in [-0.15, -0.1) is 11.3 Å². The van der Waals surface area contributed by atoms with Gasteiger partial charge < -0.3 is 14.8 Å². The first-order valence-corrected chi connectivity index (χ1v) is 6.38. The third-order valence-electron chi connectivity index (χ3n) is 2.47. The zero-order chi connectivity index (χ0) is 13.1. The molecule has 2 aromatic heterocycles. The van der Waals surface area contributed by atoms with Gasteiger partial charge in [0.15, 0.2) is 0 Å². The number of carbonyl (C=O) groups is 1. The van der Waals surface area contributed by atoms with E-state index < -0.39 is 5.97 Å². The molecule has 0 aromatic carbocycles. The zero-order valence-corrected chi connectivity index (χ0v) is 11.0. The third-order valence-corrected chi connectivity index (χ3v) is 3.29. The Labute approximate surface area is 108 Å². The fourth-order valence-corrected chi connectivity index (χ4v) is 2.26. The molecule has 0 aliphatic heterocycles. The number of hydrogen-bond donors (Lipinski definition) is 2. The number of furan rings is 1. The Balaban J connectivity index is 1.90. The summed E-state index contributed by atoms with van der Waals surface area (Å²) >= 11 is 1.61. The molecule has 0 bridgehead atoms. The smallest absolute Gasteiger partial charge is 0.339 e. The van der Waals surface area contributed by atoms with Crippen molar-refractivity contribution >= 4 is 17.3 Å². The number of nitrogens with one attached hydrogen (secondary N) is 1. The number of thiazole rings is 1. The van der Waals surface area contributed by atoms with Crippen molar-refractivity contribution in [2.75, 3.05) is 0 Å². The van der Waals surface area contributed by atoms with Gasteiger partial charge in [-0.05, 0) is 19.9 Å². The van der Waals surface area contributed by atoms with Crippen LogP contribution in [0.5, 0.6) is 0 Å². The first kappa shape index (κ1) is 12.8. The van der Waals surface area contributed by atoms with Crippen LogP contribution in [0.3, 0.4) is 0 Å². The maximum absolute atomic E-state index is 10.8. The van der Waals surface area contributed by atoms with E-state index in [-0.39, 0.29) is 5.56 Å². The molecular formula is C12H14N2O3S. The van der Waals surface area contributed by atoms with Gasteiger partial charge in [0.2, 0.25) is 0 Å². The lowest BCUT2D eigenvalue weighted by Crippen LogP contribution is -2.12. The third kappa shape index (κ3) is 2.96.